The van der Waals surface area contributed by atoms with Crippen LogP contribution in [-0.4, -0.2) is 23.3 Å². The molecule has 0 bridgehead atoms. The maximum Gasteiger partial charge on any atom is 0.416 e. The highest BCUT2D eigenvalue weighted by atomic mass is 32.1. The molecule has 2 aromatic heterocycles. The normalized spacial score (nSPS) is 11.8. The number of thiophene rings is 1. The van der Waals surface area contributed by atoms with E-state index in [9.17, 15) is 27.6 Å². The van der Waals surface area contributed by atoms with Gasteiger partial charge in [0.15, 0.2) is 5.78 Å². The Hall–Kier alpha value is -3.46. The number of fused-ring (bicyclic) bond motifs is 3. The molecule has 0 saturated carbocycles. The first-order valence-corrected chi connectivity index (χ1v) is 10.8. The molecule has 5 nitrogen and oxygen atoms in total. The van der Waals surface area contributed by atoms with Crippen molar-refractivity contribution in [3.05, 3.63) is 69.0 Å². The van der Waals surface area contributed by atoms with Crippen LogP contribution in [0.4, 0.5) is 13.2 Å². The van der Waals surface area contributed by atoms with Gasteiger partial charge in [0.25, 0.3) is 5.56 Å². The molecule has 0 aliphatic carbocycles. The highest BCUT2D eigenvalue weighted by Crippen LogP contribution is 2.42. The Kier molecular flexibility index (Phi) is 5.61. The minimum absolute atomic E-state index is 0.0899. The van der Waals surface area contributed by atoms with Gasteiger partial charge in [-0.1, -0.05) is 12.1 Å². The van der Waals surface area contributed by atoms with E-state index in [0.717, 1.165) is 17.7 Å². The first kappa shape index (κ1) is 22.7. The molecule has 2 heterocycles. The number of rotatable bonds is 4. The molecular formula is C24H18F3NO4S. The number of esters is 1. The number of halogens is 3. The maximum absolute atomic E-state index is 13.4. The summed E-state index contributed by atoms with van der Waals surface area (Å²) in [5.74, 6) is -1.16. The van der Waals surface area contributed by atoms with E-state index in [4.69, 9.17) is 4.74 Å². The molecule has 1 N–H and O–H groups in total. The van der Waals surface area contributed by atoms with Gasteiger partial charge in [-0.25, -0.2) is 4.79 Å². The summed E-state index contributed by atoms with van der Waals surface area (Å²) in [5.41, 5.74) is -0.382. The molecule has 0 aliphatic heterocycles. The van der Waals surface area contributed by atoms with Gasteiger partial charge in [0.05, 0.1) is 33.5 Å². The summed E-state index contributed by atoms with van der Waals surface area (Å²) in [6, 6.07) is 7.95. The predicted octanol–water partition coefficient (Wildman–Crippen LogP) is 6.12. The van der Waals surface area contributed by atoms with E-state index in [1.54, 1.807) is 19.9 Å². The summed E-state index contributed by atoms with van der Waals surface area (Å²) in [6.45, 7) is 4.80. The number of nitrogens with one attached hydrogen (secondary N) is 1. The van der Waals surface area contributed by atoms with Crippen LogP contribution in [0, 0.1) is 6.92 Å². The molecule has 4 rings (SSSR count). The fourth-order valence-electron chi connectivity index (χ4n) is 3.90. The lowest BCUT2D eigenvalue weighted by Crippen LogP contribution is -2.18. The maximum atomic E-state index is 13.4. The van der Waals surface area contributed by atoms with Crippen LogP contribution in [0.2, 0.25) is 0 Å². The lowest BCUT2D eigenvalue weighted by atomic mass is 9.96. The van der Waals surface area contributed by atoms with Gasteiger partial charge in [-0.3, -0.25) is 9.59 Å². The van der Waals surface area contributed by atoms with Crippen LogP contribution >= 0.6 is 11.3 Å². The quantitative estimate of drug-likeness (QED) is 0.286. The molecule has 0 radical (unpaired) electrons. The van der Waals surface area contributed by atoms with Crippen molar-refractivity contribution >= 4 is 43.4 Å². The van der Waals surface area contributed by atoms with E-state index in [1.807, 2.05) is 6.07 Å². The van der Waals surface area contributed by atoms with E-state index in [1.165, 1.54) is 30.4 Å². The molecule has 0 saturated heterocycles. The average molecular weight is 473 g/mol. The number of ether oxygens (including phenoxy) is 1. The van der Waals surface area contributed by atoms with E-state index in [2.05, 4.69) is 4.98 Å². The number of benzene rings is 2. The van der Waals surface area contributed by atoms with Crippen LogP contribution < -0.4 is 5.56 Å². The van der Waals surface area contributed by atoms with Crippen LogP contribution in [0.3, 0.4) is 0 Å². The van der Waals surface area contributed by atoms with Crippen molar-refractivity contribution in [2.24, 2.45) is 0 Å². The number of ketones is 1. The van der Waals surface area contributed by atoms with Crippen LogP contribution in [0.1, 0.15) is 45.7 Å². The van der Waals surface area contributed by atoms with Gasteiger partial charge in [0.2, 0.25) is 0 Å². The molecule has 0 aliphatic rings. The van der Waals surface area contributed by atoms with Crippen molar-refractivity contribution in [3.63, 3.8) is 0 Å². The van der Waals surface area contributed by atoms with Gasteiger partial charge in [0.1, 0.15) is 0 Å². The summed E-state index contributed by atoms with van der Waals surface area (Å²) in [6.07, 6.45) is -4.60. The van der Waals surface area contributed by atoms with Gasteiger partial charge in [-0.05, 0) is 56.2 Å². The number of Topliss-reactive ketones (excluding diaryl/α,β-unsaturated/α-hetero) is 1. The Morgan fingerprint density at radius 2 is 1.88 bits per heavy atom. The predicted molar refractivity (Wildman–Crippen MR) is 121 cm³/mol. The summed E-state index contributed by atoms with van der Waals surface area (Å²) in [7, 11) is 0. The molecule has 0 unspecified atom stereocenters. The standard InChI is InChI=1S/C24H18F3NO4S/c1-4-32-23(31)15-8-11(2)9-16-19(15)20-21(33-16)18(17(12(3)29)22(30)28-20)13-6-5-7-14(10-13)24(25,26)27/h5-10H,4H2,1-3H3,(H,28,30). The number of H-pyrrole nitrogens is 1. The highest BCUT2D eigenvalue weighted by Gasteiger charge is 2.31. The third kappa shape index (κ3) is 3.93. The monoisotopic (exact) mass is 473 g/mol. The van der Waals surface area contributed by atoms with Crippen LogP contribution in [-0.2, 0) is 10.9 Å². The zero-order valence-electron chi connectivity index (χ0n) is 17.8. The minimum Gasteiger partial charge on any atom is -0.462 e. The zero-order chi connectivity index (χ0) is 24.1. The van der Waals surface area contributed by atoms with Gasteiger partial charge >= 0.3 is 12.1 Å². The van der Waals surface area contributed by atoms with Crippen molar-refractivity contribution in [2.45, 2.75) is 26.9 Å². The largest absolute Gasteiger partial charge is 0.462 e. The van der Waals surface area contributed by atoms with E-state index >= 15 is 0 Å². The molecule has 0 fully saturated rings. The van der Waals surface area contributed by atoms with Gasteiger partial charge < -0.3 is 9.72 Å². The third-order valence-electron chi connectivity index (χ3n) is 5.20. The Bertz CT molecular complexity index is 1500. The lowest BCUT2D eigenvalue weighted by Gasteiger charge is -2.12. The second-order valence-corrected chi connectivity index (χ2v) is 8.60. The summed E-state index contributed by atoms with van der Waals surface area (Å²) in [4.78, 5) is 40.7. The van der Waals surface area contributed by atoms with Crippen LogP contribution in [0.15, 0.2) is 41.2 Å². The second-order valence-electron chi connectivity index (χ2n) is 7.55. The van der Waals surface area contributed by atoms with Crippen molar-refractivity contribution in [1.82, 2.24) is 4.98 Å². The summed E-state index contributed by atoms with van der Waals surface area (Å²) in [5, 5.41) is 0.430. The van der Waals surface area contributed by atoms with Crippen molar-refractivity contribution in [2.75, 3.05) is 6.61 Å². The van der Waals surface area contributed by atoms with Gasteiger partial charge in [0, 0.05) is 15.6 Å². The van der Waals surface area contributed by atoms with E-state index in [0.29, 0.717) is 14.8 Å². The smallest absolute Gasteiger partial charge is 0.416 e. The van der Waals surface area contributed by atoms with Crippen LogP contribution in [0.25, 0.3) is 31.4 Å². The number of hydrogen-bond donors (Lipinski definition) is 1. The van der Waals surface area contributed by atoms with Crippen molar-refractivity contribution < 1.29 is 27.5 Å². The number of aryl methyl sites for hydroxylation is 1. The van der Waals surface area contributed by atoms with E-state index in [-0.39, 0.29) is 34.4 Å². The minimum atomic E-state index is -4.60. The van der Waals surface area contributed by atoms with Gasteiger partial charge in [-0.2, -0.15) is 13.2 Å². The van der Waals surface area contributed by atoms with Gasteiger partial charge in [-0.15, -0.1) is 11.3 Å². The number of carbonyl (C=O) groups is 2. The number of aromatic nitrogens is 1. The average Bonchev–Trinajstić information content (AvgIpc) is 3.09. The third-order valence-corrected chi connectivity index (χ3v) is 6.36. The fraction of sp³-hybridized carbons (Fsp3) is 0.208. The highest BCUT2D eigenvalue weighted by molar-refractivity contribution is 7.26. The molecule has 4 aromatic rings. The zero-order valence-corrected chi connectivity index (χ0v) is 18.7. The fourth-order valence-corrected chi connectivity index (χ4v) is 5.25. The summed E-state index contributed by atoms with van der Waals surface area (Å²) < 4.78 is 46.3. The number of carbonyl (C=O) groups excluding carboxylic acids is 2. The van der Waals surface area contributed by atoms with E-state index < -0.39 is 29.1 Å². The number of aromatic amines is 1. The molecule has 170 valence electrons. The molecule has 9 heteroatoms. The first-order valence-electron chi connectivity index (χ1n) is 10.0. The Morgan fingerprint density at radius 3 is 2.52 bits per heavy atom. The Morgan fingerprint density at radius 1 is 1.15 bits per heavy atom. The Labute approximate surface area is 189 Å². The molecule has 0 amide bonds. The molecule has 0 atom stereocenters. The molecule has 33 heavy (non-hydrogen) atoms. The van der Waals surface area contributed by atoms with Crippen molar-refractivity contribution in [1.29, 1.82) is 0 Å². The number of pyridine rings is 1. The Balaban J connectivity index is 2.18. The molecular weight excluding hydrogens is 455 g/mol. The number of alkyl halides is 3. The first-order chi connectivity index (χ1) is 15.5. The molecule has 0 spiro atoms. The van der Waals surface area contributed by atoms with Crippen LogP contribution in [0.5, 0.6) is 0 Å². The summed E-state index contributed by atoms with van der Waals surface area (Å²) >= 11 is 1.19. The van der Waals surface area contributed by atoms with Crippen molar-refractivity contribution in [3.8, 4) is 11.1 Å². The number of hydrogen-bond acceptors (Lipinski definition) is 5. The second kappa shape index (κ2) is 8.15. The molecule has 2 aromatic carbocycles. The SMILES string of the molecule is CCOC(=O)c1cc(C)cc2sc3c(-c4cccc(C(F)(F)F)c4)c(C(C)=O)c(=O)[nH]c3c12. The lowest BCUT2D eigenvalue weighted by molar-refractivity contribution is -0.137. The topological polar surface area (TPSA) is 76.2 Å².